The van der Waals surface area contributed by atoms with E-state index in [-0.39, 0.29) is 0 Å². The molecule has 0 saturated carbocycles. The van der Waals surface area contributed by atoms with Crippen molar-refractivity contribution in [3.8, 4) is 0 Å². The summed E-state index contributed by atoms with van der Waals surface area (Å²) in [4.78, 5) is 0. The molecule has 3 nitrogen and oxygen atoms in total. The molecule has 34 heavy (non-hydrogen) atoms. The highest BCUT2D eigenvalue weighted by atomic mass is 28.3. The minimum absolute atomic E-state index is 0.515. The number of hydrogen-bond donors (Lipinski definition) is 3. The third-order valence-corrected chi connectivity index (χ3v) is 11.9. The first kappa shape index (κ1) is 24.4. The molecule has 0 aliphatic heterocycles. The van der Waals surface area contributed by atoms with Crippen LogP contribution in [-0.2, 0) is 19.6 Å². The summed E-state index contributed by atoms with van der Waals surface area (Å²) in [5.74, 6) is 0.515. The molecule has 175 valence electrons. The van der Waals surface area contributed by atoms with Gasteiger partial charge in [0.25, 0.3) is 0 Å². The van der Waals surface area contributed by atoms with Gasteiger partial charge in [-0.3, -0.25) is 0 Å². The number of allylic oxidation sites excluding steroid dienone is 4. The molecule has 0 bridgehead atoms. The van der Waals surface area contributed by atoms with Gasteiger partial charge in [-0.1, -0.05) is 105 Å². The highest BCUT2D eigenvalue weighted by Crippen LogP contribution is 2.32. The highest BCUT2D eigenvalue weighted by Gasteiger charge is 2.46. The number of hydrogen-bond acceptors (Lipinski definition) is 3. The molecule has 0 spiro atoms. The molecule has 0 fully saturated rings. The quantitative estimate of drug-likeness (QED) is 0.335. The topological polar surface area (TPSA) is 78.1 Å². The highest BCUT2D eigenvalue weighted by molar-refractivity contribution is 7.15. The van der Waals surface area contributed by atoms with Gasteiger partial charge >= 0.3 is 0 Å². The minimum atomic E-state index is -2.65. The van der Waals surface area contributed by atoms with Crippen LogP contribution in [0.5, 0.6) is 0 Å². The van der Waals surface area contributed by atoms with Crippen LogP contribution >= 0.6 is 0 Å². The fourth-order valence-corrected chi connectivity index (χ4v) is 9.99. The van der Waals surface area contributed by atoms with Crippen LogP contribution in [0.2, 0.25) is 0 Å². The second-order valence-electron chi connectivity index (χ2n) is 9.21. The molecule has 3 aromatic carbocycles. The van der Waals surface area contributed by atoms with Crippen molar-refractivity contribution in [1.82, 2.24) is 0 Å². The van der Waals surface area contributed by atoms with E-state index in [0.717, 1.165) is 23.1 Å². The van der Waals surface area contributed by atoms with Crippen LogP contribution in [-0.4, -0.2) is 8.07 Å². The zero-order valence-electron chi connectivity index (χ0n) is 20.3. The molecule has 1 unspecified atom stereocenters. The Morgan fingerprint density at radius 3 is 1.50 bits per heavy atom. The van der Waals surface area contributed by atoms with Crippen LogP contribution < -0.4 is 32.8 Å². The Bertz CT molecular complexity index is 1080. The third-order valence-electron chi connectivity index (χ3n) is 7.18. The first-order valence-corrected chi connectivity index (χ1v) is 14.2. The fourth-order valence-electron chi connectivity index (χ4n) is 5.03. The molecule has 1 aliphatic rings. The minimum Gasteiger partial charge on any atom is -0.326 e. The van der Waals surface area contributed by atoms with E-state index in [2.05, 4.69) is 105 Å². The molecule has 0 saturated heterocycles. The van der Waals surface area contributed by atoms with Crippen LogP contribution in [0.4, 0.5) is 0 Å². The number of benzene rings is 3. The summed E-state index contributed by atoms with van der Waals surface area (Å²) < 4.78 is 0. The van der Waals surface area contributed by atoms with Crippen molar-refractivity contribution in [2.24, 2.45) is 23.1 Å². The predicted octanol–water partition coefficient (Wildman–Crippen LogP) is 3.19. The summed E-state index contributed by atoms with van der Waals surface area (Å²) in [7, 11) is -2.65. The maximum absolute atomic E-state index is 6.11. The molecule has 1 aliphatic carbocycles. The Balaban J connectivity index is 2.08. The Labute approximate surface area is 205 Å². The molecular weight excluding hydrogens is 430 g/mol. The van der Waals surface area contributed by atoms with E-state index < -0.39 is 8.07 Å². The second-order valence-corrected chi connectivity index (χ2v) is 13.0. The van der Waals surface area contributed by atoms with E-state index in [1.165, 1.54) is 26.7 Å². The van der Waals surface area contributed by atoms with Crippen molar-refractivity contribution < 1.29 is 0 Å². The Morgan fingerprint density at radius 1 is 0.676 bits per heavy atom. The van der Waals surface area contributed by atoms with Crippen molar-refractivity contribution >= 4 is 23.6 Å². The van der Waals surface area contributed by atoms with Crippen LogP contribution in [0.3, 0.4) is 0 Å². The van der Waals surface area contributed by atoms with Crippen LogP contribution in [0.1, 0.15) is 37.0 Å². The van der Waals surface area contributed by atoms with Gasteiger partial charge in [-0.15, -0.1) is 0 Å². The maximum Gasteiger partial charge on any atom is 0.162 e. The van der Waals surface area contributed by atoms with Crippen molar-refractivity contribution in [3.63, 3.8) is 0 Å². The van der Waals surface area contributed by atoms with Crippen molar-refractivity contribution in [2.45, 2.75) is 39.9 Å². The molecule has 0 amide bonds. The zero-order chi connectivity index (χ0) is 24.1. The first-order chi connectivity index (χ1) is 16.6. The Morgan fingerprint density at radius 2 is 1.12 bits per heavy atom. The van der Waals surface area contributed by atoms with Gasteiger partial charge in [-0.05, 0) is 50.2 Å². The fraction of sp³-hybridized carbons (Fsp3) is 0.233. The van der Waals surface area contributed by atoms with Crippen molar-refractivity contribution in [1.29, 1.82) is 0 Å². The van der Waals surface area contributed by atoms with Gasteiger partial charge < -0.3 is 17.2 Å². The summed E-state index contributed by atoms with van der Waals surface area (Å²) in [6.07, 6.45) is 8.23. The molecule has 6 N–H and O–H groups in total. The molecule has 4 rings (SSSR count). The largest absolute Gasteiger partial charge is 0.326 e. The third kappa shape index (κ3) is 4.47. The molecule has 0 aromatic heterocycles. The van der Waals surface area contributed by atoms with E-state index >= 15 is 0 Å². The van der Waals surface area contributed by atoms with E-state index in [9.17, 15) is 0 Å². The SMILES string of the molecule is CCC(C)C1=C[C]([Si](c2cccc(CN)c2)(c2cccc(CN)c2)c2cccc(CN)c2)C=C1. The summed E-state index contributed by atoms with van der Waals surface area (Å²) in [6, 6.07) is 26.6. The zero-order valence-corrected chi connectivity index (χ0v) is 21.3. The average molecular weight is 467 g/mol. The first-order valence-electron chi connectivity index (χ1n) is 12.2. The summed E-state index contributed by atoms with van der Waals surface area (Å²) >= 11 is 0. The van der Waals surface area contributed by atoms with E-state index in [1.807, 2.05) is 0 Å². The van der Waals surface area contributed by atoms with Crippen LogP contribution in [0.25, 0.3) is 0 Å². The number of rotatable bonds is 9. The Hall–Kier alpha value is -2.76. The summed E-state index contributed by atoms with van der Waals surface area (Å²) in [5, 5.41) is 4.00. The molecule has 1 radical (unpaired) electrons. The molecule has 0 heterocycles. The van der Waals surface area contributed by atoms with Crippen molar-refractivity contribution in [3.05, 3.63) is 119 Å². The van der Waals surface area contributed by atoms with Gasteiger partial charge in [0.15, 0.2) is 8.07 Å². The van der Waals surface area contributed by atoms with E-state index in [1.54, 1.807) is 0 Å². The molecule has 4 heteroatoms. The van der Waals surface area contributed by atoms with Gasteiger partial charge in [-0.25, -0.2) is 0 Å². The van der Waals surface area contributed by atoms with Gasteiger partial charge in [0.1, 0.15) is 0 Å². The monoisotopic (exact) mass is 466 g/mol. The van der Waals surface area contributed by atoms with Crippen molar-refractivity contribution in [2.75, 3.05) is 0 Å². The smallest absolute Gasteiger partial charge is 0.162 e. The van der Waals surface area contributed by atoms with E-state index in [0.29, 0.717) is 25.6 Å². The van der Waals surface area contributed by atoms with Gasteiger partial charge in [0, 0.05) is 25.2 Å². The van der Waals surface area contributed by atoms with Gasteiger partial charge in [0.05, 0.1) is 0 Å². The van der Waals surface area contributed by atoms with Crippen LogP contribution in [0, 0.1) is 11.5 Å². The average Bonchev–Trinajstić information content (AvgIpc) is 3.39. The summed E-state index contributed by atoms with van der Waals surface area (Å²) in [5.41, 5.74) is 24.6. The number of nitrogens with two attached hydrogens (primary N) is 3. The normalized spacial score (nSPS) is 14.9. The van der Waals surface area contributed by atoms with Gasteiger partial charge in [-0.2, -0.15) is 0 Å². The second kappa shape index (κ2) is 10.7. The molecule has 3 aromatic rings. The van der Waals surface area contributed by atoms with Gasteiger partial charge in [0.2, 0.25) is 0 Å². The lowest BCUT2D eigenvalue weighted by molar-refractivity contribution is 0.672. The van der Waals surface area contributed by atoms with E-state index in [4.69, 9.17) is 17.2 Å². The molecular formula is C30H36N3Si. The lowest BCUT2D eigenvalue weighted by Crippen LogP contribution is -2.70. The maximum atomic E-state index is 6.11. The standard InChI is InChI=1S/C30H36N3Si/c1-3-22(2)26-13-14-30(18-26)34(27-10-4-7-23(15-27)19-31,28-11-5-8-24(16-28)20-32)29-12-6-9-25(17-29)21-33/h4-18,22H,3,19-21,31-33H2,1-2H3. The Kier molecular flexibility index (Phi) is 7.64. The molecule has 1 atom stereocenters. The summed E-state index contributed by atoms with van der Waals surface area (Å²) in [6.45, 7) is 6.11. The van der Waals surface area contributed by atoms with Crippen LogP contribution in [0.15, 0.2) is 96.6 Å². The lowest BCUT2D eigenvalue weighted by atomic mass is 10.0. The lowest BCUT2D eigenvalue weighted by Gasteiger charge is -2.38. The predicted molar refractivity (Wildman–Crippen MR) is 148 cm³/mol.